The van der Waals surface area contributed by atoms with Crippen LogP contribution in [0.1, 0.15) is 28.7 Å². The Balaban J connectivity index is 2.02. The summed E-state index contributed by atoms with van der Waals surface area (Å²) in [6, 6.07) is 17.7. The third-order valence-electron chi connectivity index (χ3n) is 3.90. The highest BCUT2D eigenvalue weighted by molar-refractivity contribution is 5.95. The zero-order valence-electron chi connectivity index (χ0n) is 14.6. The van der Waals surface area contributed by atoms with Gasteiger partial charge in [-0.2, -0.15) is 0 Å². The van der Waals surface area contributed by atoms with Crippen LogP contribution in [0.3, 0.4) is 0 Å². The first-order chi connectivity index (χ1) is 13.1. The number of carbonyl (C=O) groups excluding carboxylic acids is 1. The highest BCUT2D eigenvalue weighted by atomic mass is 16.6. The molecule has 0 spiro atoms. The number of benzene rings is 2. The number of aromatic nitrogens is 2. The largest absolute Gasteiger partial charge is 0.422 e. The van der Waals surface area contributed by atoms with Crippen LogP contribution in [0.15, 0.2) is 66.9 Å². The third kappa shape index (κ3) is 4.09. The highest BCUT2D eigenvalue weighted by Gasteiger charge is 2.20. The Bertz CT molecular complexity index is 979. The first-order valence-electron chi connectivity index (χ1n) is 8.34. The molecule has 3 rings (SSSR count). The second-order valence-corrected chi connectivity index (χ2v) is 5.61. The minimum absolute atomic E-state index is 0.120. The molecule has 3 aromatic rings. The molecule has 1 heterocycles. The molecule has 0 saturated carbocycles. The van der Waals surface area contributed by atoms with Crippen molar-refractivity contribution in [2.24, 2.45) is 0 Å². The first kappa shape index (κ1) is 18.1. The van der Waals surface area contributed by atoms with E-state index in [9.17, 15) is 14.9 Å². The van der Waals surface area contributed by atoms with Crippen molar-refractivity contribution >= 4 is 23.6 Å². The van der Waals surface area contributed by atoms with Crippen molar-refractivity contribution in [1.82, 2.24) is 9.55 Å². The van der Waals surface area contributed by atoms with Crippen molar-refractivity contribution < 1.29 is 14.5 Å². The van der Waals surface area contributed by atoms with Crippen LogP contribution in [0.25, 0.3) is 11.8 Å². The van der Waals surface area contributed by atoms with Gasteiger partial charge in [0, 0.05) is 11.6 Å². The smallest absolute Gasteiger partial charge is 0.343 e. The van der Waals surface area contributed by atoms with Crippen LogP contribution in [-0.2, 0) is 11.3 Å². The molecule has 0 radical (unpaired) electrons. The van der Waals surface area contributed by atoms with Crippen molar-refractivity contribution in [3.8, 4) is 0 Å². The summed E-state index contributed by atoms with van der Waals surface area (Å²) in [5, 5.41) is 11.2. The van der Waals surface area contributed by atoms with E-state index in [4.69, 9.17) is 4.74 Å². The molecule has 0 aliphatic heterocycles. The van der Waals surface area contributed by atoms with Crippen LogP contribution >= 0.6 is 0 Å². The van der Waals surface area contributed by atoms with Gasteiger partial charge < -0.3 is 14.9 Å². The number of ether oxygens (including phenoxy) is 1. The lowest BCUT2D eigenvalue weighted by atomic mass is 10.1. The van der Waals surface area contributed by atoms with Crippen molar-refractivity contribution in [3.63, 3.8) is 0 Å². The number of carbonyl (C=O) groups is 1. The topological polar surface area (TPSA) is 87.3 Å². The van der Waals surface area contributed by atoms with Crippen molar-refractivity contribution in [2.45, 2.75) is 13.5 Å². The van der Waals surface area contributed by atoms with E-state index in [2.05, 4.69) is 4.98 Å². The second-order valence-electron chi connectivity index (χ2n) is 5.61. The van der Waals surface area contributed by atoms with Crippen LogP contribution in [0.2, 0.25) is 0 Å². The standard InChI is InChI=1S/C20H17N3O4/c1-2-22-18(21-14-19(22)23(25)26)13-17(15-9-5-3-6-10-15)27-20(24)16-11-7-4-8-12-16/h3-14H,2H2,1H3. The summed E-state index contributed by atoms with van der Waals surface area (Å²) in [7, 11) is 0. The lowest BCUT2D eigenvalue weighted by molar-refractivity contribution is -0.392. The molecule has 0 N–H and O–H groups in total. The summed E-state index contributed by atoms with van der Waals surface area (Å²) in [5.41, 5.74) is 1.07. The number of hydrogen-bond acceptors (Lipinski definition) is 5. The molecule has 2 aromatic carbocycles. The van der Waals surface area contributed by atoms with Gasteiger partial charge in [0.15, 0.2) is 0 Å². The molecule has 0 amide bonds. The molecule has 27 heavy (non-hydrogen) atoms. The normalized spacial score (nSPS) is 11.2. The first-order valence-corrected chi connectivity index (χ1v) is 8.34. The van der Waals surface area contributed by atoms with E-state index in [-0.39, 0.29) is 11.6 Å². The van der Waals surface area contributed by atoms with Gasteiger partial charge in [-0.05, 0) is 24.0 Å². The summed E-state index contributed by atoms with van der Waals surface area (Å²) in [5.74, 6) is -0.0380. The number of nitrogens with zero attached hydrogens (tertiary/aromatic N) is 3. The quantitative estimate of drug-likeness (QED) is 0.284. The monoisotopic (exact) mass is 363 g/mol. The zero-order valence-corrected chi connectivity index (χ0v) is 14.6. The average Bonchev–Trinajstić information content (AvgIpc) is 3.11. The highest BCUT2D eigenvalue weighted by Crippen LogP contribution is 2.23. The van der Waals surface area contributed by atoms with Crippen LogP contribution in [-0.4, -0.2) is 20.4 Å². The van der Waals surface area contributed by atoms with E-state index in [1.807, 2.05) is 24.3 Å². The summed E-state index contributed by atoms with van der Waals surface area (Å²) in [6.45, 7) is 2.14. The third-order valence-corrected chi connectivity index (χ3v) is 3.90. The molecule has 0 aliphatic carbocycles. The Labute approximate surface area is 155 Å². The van der Waals surface area contributed by atoms with E-state index in [1.54, 1.807) is 43.3 Å². The van der Waals surface area contributed by atoms with Crippen LogP contribution < -0.4 is 0 Å². The summed E-state index contributed by atoms with van der Waals surface area (Å²) >= 11 is 0. The average molecular weight is 363 g/mol. The maximum absolute atomic E-state index is 12.5. The second kappa shape index (κ2) is 8.09. The Hall–Kier alpha value is -3.74. The Morgan fingerprint density at radius 1 is 1.11 bits per heavy atom. The fraction of sp³-hybridized carbons (Fsp3) is 0.100. The summed E-state index contributed by atoms with van der Waals surface area (Å²) in [6.07, 6.45) is 2.73. The van der Waals surface area contributed by atoms with E-state index >= 15 is 0 Å². The molecule has 0 aliphatic rings. The molecule has 0 fully saturated rings. The predicted molar refractivity (Wildman–Crippen MR) is 101 cm³/mol. The molecule has 0 unspecified atom stereocenters. The number of imidazole rings is 1. The molecule has 0 saturated heterocycles. The van der Waals surface area contributed by atoms with Gasteiger partial charge in [-0.15, -0.1) is 0 Å². The minimum Gasteiger partial charge on any atom is -0.422 e. The van der Waals surface area contributed by atoms with Gasteiger partial charge in [0.2, 0.25) is 5.82 Å². The Kier molecular flexibility index (Phi) is 5.41. The number of rotatable bonds is 6. The summed E-state index contributed by atoms with van der Waals surface area (Å²) < 4.78 is 7.04. The predicted octanol–water partition coefficient (Wildman–Crippen LogP) is 4.17. The SMILES string of the molecule is CCn1c([N+](=O)[O-])cnc1C=C(OC(=O)c1ccccc1)c1ccccc1. The summed E-state index contributed by atoms with van der Waals surface area (Å²) in [4.78, 5) is 27.3. The minimum atomic E-state index is -0.519. The maximum atomic E-state index is 12.5. The molecule has 0 atom stereocenters. The van der Waals surface area contributed by atoms with Crippen molar-refractivity contribution in [1.29, 1.82) is 0 Å². The van der Waals surface area contributed by atoms with E-state index in [0.29, 0.717) is 23.5 Å². The van der Waals surface area contributed by atoms with Crippen LogP contribution in [0.4, 0.5) is 5.82 Å². The van der Waals surface area contributed by atoms with E-state index in [0.717, 1.165) is 0 Å². The Morgan fingerprint density at radius 2 is 1.70 bits per heavy atom. The van der Waals surface area contributed by atoms with Gasteiger partial charge in [-0.1, -0.05) is 48.5 Å². The van der Waals surface area contributed by atoms with Crippen molar-refractivity contribution in [3.05, 3.63) is 93.9 Å². The lowest BCUT2D eigenvalue weighted by Gasteiger charge is -2.09. The van der Waals surface area contributed by atoms with E-state index in [1.165, 1.54) is 16.8 Å². The van der Waals surface area contributed by atoms with Gasteiger partial charge in [-0.3, -0.25) is 0 Å². The maximum Gasteiger partial charge on any atom is 0.343 e. The van der Waals surface area contributed by atoms with Gasteiger partial charge >= 0.3 is 11.8 Å². The van der Waals surface area contributed by atoms with Gasteiger partial charge in [-0.25, -0.2) is 14.3 Å². The fourth-order valence-electron chi connectivity index (χ4n) is 2.59. The number of hydrogen-bond donors (Lipinski definition) is 0. The molecular formula is C20H17N3O4. The fourth-order valence-corrected chi connectivity index (χ4v) is 2.59. The number of nitro groups is 1. The molecule has 136 valence electrons. The molecule has 0 bridgehead atoms. The number of esters is 1. The van der Waals surface area contributed by atoms with E-state index < -0.39 is 10.9 Å². The molecule has 7 nitrogen and oxygen atoms in total. The Morgan fingerprint density at radius 3 is 2.26 bits per heavy atom. The zero-order chi connectivity index (χ0) is 19.2. The molecule has 1 aromatic heterocycles. The molecule has 7 heteroatoms. The van der Waals surface area contributed by atoms with Crippen molar-refractivity contribution in [2.75, 3.05) is 0 Å². The molecular weight excluding hydrogens is 346 g/mol. The van der Waals surface area contributed by atoms with Gasteiger partial charge in [0.1, 0.15) is 12.0 Å². The van der Waals surface area contributed by atoms with Gasteiger partial charge in [0.05, 0.1) is 12.1 Å². The van der Waals surface area contributed by atoms with Crippen LogP contribution in [0, 0.1) is 10.1 Å². The lowest BCUT2D eigenvalue weighted by Crippen LogP contribution is -2.06. The van der Waals surface area contributed by atoms with Gasteiger partial charge in [0.25, 0.3) is 0 Å². The van der Waals surface area contributed by atoms with Crippen LogP contribution in [0.5, 0.6) is 0 Å².